The number of carbonyl (C=O) groups is 1. The Morgan fingerprint density at radius 1 is 1.42 bits per heavy atom. The zero-order chi connectivity index (χ0) is 16.9. The van der Waals surface area contributed by atoms with Crippen molar-refractivity contribution in [3.63, 3.8) is 0 Å². The van der Waals surface area contributed by atoms with E-state index < -0.39 is 0 Å². The van der Waals surface area contributed by atoms with Gasteiger partial charge in [0.25, 0.3) is 0 Å². The summed E-state index contributed by atoms with van der Waals surface area (Å²) in [6.07, 6.45) is 3.09. The van der Waals surface area contributed by atoms with Gasteiger partial charge in [-0.2, -0.15) is 4.98 Å². The van der Waals surface area contributed by atoms with E-state index in [1.165, 1.54) is 0 Å². The maximum Gasteiger partial charge on any atom is 0.231 e. The second kappa shape index (κ2) is 7.47. The number of rotatable bonds is 6. The lowest BCUT2D eigenvalue weighted by molar-refractivity contribution is -0.134. The highest BCUT2D eigenvalue weighted by Crippen LogP contribution is 2.28. The fourth-order valence-electron chi connectivity index (χ4n) is 3.02. The van der Waals surface area contributed by atoms with Crippen molar-refractivity contribution in [2.45, 2.75) is 45.1 Å². The highest BCUT2D eigenvalue weighted by Gasteiger charge is 2.30. The molecule has 1 atom stereocenters. The minimum atomic E-state index is 0.117. The van der Waals surface area contributed by atoms with Crippen LogP contribution >= 0.6 is 0 Å². The summed E-state index contributed by atoms with van der Waals surface area (Å²) in [5, 5.41) is 4.03. The van der Waals surface area contributed by atoms with Gasteiger partial charge in [-0.3, -0.25) is 4.79 Å². The summed E-state index contributed by atoms with van der Waals surface area (Å²) in [7, 11) is 1.64. The van der Waals surface area contributed by atoms with Crippen LogP contribution in [0.2, 0.25) is 0 Å². The standard InChI is InChI=1S/C18H23N3O3/c1-3-5-16-19-18(24-20-16)14-8-9-17(22)21(12-14)11-13-6-4-7-15(10-13)23-2/h4,6-7,10,14H,3,5,8-9,11-12H2,1-2H3/t14-/m0/s1. The Kier molecular flexibility index (Phi) is 5.13. The van der Waals surface area contributed by atoms with Crippen molar-refractivity contribution in [1.29, 1.82) is 0 Å². The summed E-state index contributed by atoms with van der Waals surface area (Å²) < 4.78 is 10.7. The average Bonchev–Trinajstić information content (AvgIpc) is 3.06. The molecule has 0 saturated carbocycles. The zero-order valence-electron chi connectivity index (χ0n) is 14.2. The molecular weight excluding hydrogens is 306 g/mol. The highest BCUT2D eigenvalue weighted by atomic mass is 16.5. The van der Waals surface area contributed by atoms with Crippen LogP contribution in [0.5, 0.6) is 5.75 Å². The second-order valence-electron chi connectivity index (χ2n) is 6.16. The topological polar surface area (TPSA) is 68.5 Å². The molecule has 0 radical (unpaired) electrons. The van der Waals surface area contributed by atoms with Crippen molar-refractivity contribution >= 4 is 5.91 Å². The molecule has 128 valence electrons. The molecule has 1 aliphatic heterocycles. The summed E-state index contributed by atoms with van der Waals surface area (Å²) in [5.74, 6) is 2.49. The predicted molar refractivity (Wildman–Crippen MR) is 88.7 cm³/mol. The number of amides is 1. The number of carbonyl (C=O) groups excluding carboxylic acids is 1. The molecule has 0 bridgehead atoms. The molecule has 0 aliphatic carbocycles. The lowest BCUT2D eigenvalue weighted by atomic mass is 9.97. The van der Waals surface area contributed by atoms with E-state index in [4.69, 9.17) is 9.26 Å². The fourth-order valence-corrected chi connectivity index (χ4v) is 3.02. The molecule has 0 N–H and O–H groups in total. The van der Waals surface area contributed by atoms with Crippen LogP contribution in [0.25, 0.3) is 0 Å². The number of likely N-dealkylation sites (tertiary alicyclic amines) is 1. The average molecular weight is 329 g/mol. The van der Waals surface area contributed by atoms with Crippen molar-refractivity contribution in [2.24, 2.45) is 0 Å². The smallest absolute Gasteiger partial charge is 0.231 e. The summed E-state index contributed by atoms with van der Waals surface area (Å²) in [6.45, 7) is 3.28. The molecule has 0 spiro atoms. The van der Waals surface area contributed by atoms with Crippen LogP contribution in [-0.2, 0) is 17.8 Å². The number of ether oxygens (including phenoxy) is 1. The fraction of sp³-hybridized carbons (Fsp3) is 0.500. The van der Waals surface area contributed by atoms with Crippen LogP contribution in [0, 0.1) is 0 Å². The number of benzene rings is 1. The summed E-state index contributed by atoms with van der Waals surface area (Å²) >= 11 is 0. The molecule has 0 unspecified atom stereocenters. The molecule has 1 saturated heterocycles. The minimum Gasteiger partial charge on any atom is -0.497 e. The molecule has 6 nitrogen and oxygen atoms in total. The van der Waals surface area contributed by atoms with Gasteiger partial charge in [0.2, 0.25) is 11.8 Å². The van der Waals surface area contributed by atoms with Crippen LogP contribution in [-0.4, -0.2) is 34.6 Å². The number of aryl methyl sites for hydroxylation is 1. The molecular formula is C18H23N3O3. The monoisotopic (exact) mass is 329 g/mol. The molecule has 1 aromatic carbocycles. The van der Waals surface area contributed by atoms with Crippen molar-refractivity contribution in [3.05, 3.63) is 41.5 Å². The normalized spacial score (nSPS) is 18.0. The Hall–Kier alpha value is -2.37. The quantitative estimate of drug-likeness (QED) is 0.815. The third-order valence-electron chi connectivity index (χ3n) is 4.31. The first-order valence-electron chi connectivity index (χ1n) is 8.42. The van der Waals surface area contributed by atoms with E-state index in [0.717, 1.165) is 36.4 Å². The highest BCUT2D eigenvalue weighted by molar-refractivity contribution is 5.77. The molecule has 1 aromatic heterocycles. The Balaban J connectivity index is 1.69. The molecule has 1 fully saturated rings. The Morgan fingerprint density at radius 2 is 2.29 bits per heavy atom. The molecule has 6 heteroatoms. The van der Waals surface area contributed by atoms with Crippen LogP contribution in [0.4, 0.5) is 0 Å². The summed E-state index contributed by atoms with van der Waals surface area (Å²) in [5.41, 5.74) is 1.06. The maximum absolute atomic E-state index is 12.3. The molecule has 2 aromatic rings. The first kappa shape index (κ1) is 16.5. The molecule has 1 amide bonds. The number of hydrogen-bond acceptors (Lipinski definition) is 5. The van der Waals surface area contributed by atoms with Crippen LogP contribution in [0.15, 0.2) is 28.8 Å². The van der Waals surface area contributed by atoms with Gasteiger partial charge < -0.3 is 14.2 Å². The first-order chi connectivity index (χ1) is 11.7. The Morgan fingerprint density at radius 3 is 3.08 bits per heavy atom. The van der Waals surface area contributed by atoms with E-state index in [9.17, 15) is 4.79 Å². The number of hydrogen-bond donors (Lipinski definition) is 0. The van der Waals surface area contributed by atoms with Crippen molar-refractivity contribution in [2.75, 3.05) is 13.7 Å². The number of aromatic nitrogens is 2. The Bertz CT molecular complexity index is 698. The Labute approximate surface area is 141 Å². The summed E-state index contributed by atoms with van der Waals surface area (Å²) in [4.78, 5) is 18.6. The van der Waals surface area contributed by atoms with Crippen LogP contribution < -0.4 is 4.74 Å². The largest absolute Gasteiger partial charge is 0.497 e. The van der Waals surface area contributed by atoms with Crippen molar-refractivity contribution < 1.29 is 14.1 Å². The number of methoxy groups -OCH3 is 1. The van der Waals surface area contributed by atoms with E-state index in [0.29, 0.717) is 25.4 Å². The number of piperidine rings is 1. The summed E-state index contributed by atoms with van der Waals surface area (Å²) in [6, 6.07) is 7.81. The van der Waals surface area contributed by atoms with Gasteiger partial charge in [0.15, 0.2) is 5.82 Å². The van der Waals surface area contributed by atoms with Gasteiger partial charge in [-0.15, -0.1) is 0 Å². The third kappa shape index (κ3) is 3.75. The van der Waals surface area contributed by atoms with E-state index in [1.807, 2.05) is 29.2 Å². The minimum absolute atomic E-state index is 0.117. The lowest BCUT2D eigenvalue weighted by Crippen LogP contribution is -2.38. The third-order valence-corrected chi connectivity index (χ3v) is 4.31. The second-order valence-corrected chi connectivity index (χ2v) is 6.16. The van der Waals surface area contributed by atoms with E-state index in [-0.39, 0.29) is 11.8 Å². The van der Waals surface area contributed by atoms with Gasteiger partial charge in [0, 0.05) is 25.9 Å². The molecule has 24 heavy (non-hydrogen) atoms. The van der Waals surface area contributed by atoms with E-state index in [1.54, 1.807) is 7.11 Å². The van der Waals surface area contributed by atoms with Gasteiger partial charge in [0.05, 0.1) is 13.0 Å². The van der Waals surface area contributed by atoms with Crippen molar-refractivity contribution in [3.8, 4) is 5.75 Å². The van der Waals surface area contributed by atoms with Gasteiger partial charge in [-0.25, -0.2) is 0 Å². The van der Waals surface area contributed by atoms with Gasteiger partial charge in [-0.1, -0.05) is 24.2 Å². The van der Waals surface area contributed by atoms with Crippen LogP contribution in [0.1, 0.15) is 49.4 Å². The predicted octanol–water partition coefficient (Wildman–Crippen LogP) is 2.94. The first-order valence-corrected chi connectivity index (χ1v) is 8.42. The van der Waals surface area contributed by atoms with Crippen LogP contribution in [0.3, 0.4) is 0 Å². The molecule has 3 rings (SSSR count). The number of nitrogens with zero attached hydrogens (tertiary/aromatic N) is 3. The van der Waals surface area contributed by atoms with Gasteiger partial charge >= 0.3 is 0 Å². The van der Waals surface area contributed by atoms with Crippen molar-refractivity contribution in [1.82, 2.24) is 15.0 Å². The lowest BCUT2D eigenvalue weighted by Gasteiger charge is -2.31. The molecule has 2 heterocycles. The molecule has 1 aliphatic rings. The van der Waals surface area contributed by atoms with Gasteiger partial charge in [-0.05, 0) is 30.5 Å². The SMILES string of the molecule is CCCc1noc([C@H]2CCC(=O)N(Cc3cccc(OC)c3)C2)n1. The van der Waals surface area contributed by atoms with Gasteiger partial charge in [0.1, 0.15) is 5.75 Å². The van der Waals surface area contributed by atoms with E-state index >= 15 is 0 Å². The van der Waals surface area contributed by atoms with E-state index in [2.05, 4.69) is 17.1 Å². The maximum atomic E-state index is 12.3. The zero-order valence-corrected chi connectivity index (χ0v) is 14.2.